The molecule has 1 rings (SSSR count). The molecular weight excluding hydrogens is 470 g/mol. The minimum absolute atomic E-state index is 0. The molecule has 0 aliphatic carbocycles. The van der Waals surface area contributed by atoms with Gasteiger partial charge in [0.05, 0.1) is 45.2 Å². The summed E-state index contributed by atoms with van der Waals surface area (Å²) in [6.45, 7) is 5.62. The largest absolute Gasteiger partial charge is 0.394 e. The molecule has 0 saturated carbocycles. The van der Waals surface area contributed by atoms with Crippen molar-refractivity contribution >= 4 is 15.2 Å². The lowest BCUT2D eigenvalue weighted by atomic mass is 9.98. The maximum absolute atomic E-state index is 11.2. The Hall–Kier alpha value is 0.0600. The normalized spacial score (nSPS) is 28.4. The third-order valence-electron chi connectivity index (χ3n) is 4.08. The summed E-state index contributed by atoms with van der Waals surface area (Å²) in [4.78, 5) is 18.1. The number of hydrogen-bond acceptors (Lipinski definition) is 10. The van der Waals surface area contributed by atoms with Gasteiger partial charge in [0.2, 0.25) is 0 Å². The summed E-state index contributed by atoms with van der Waals surface area (Å²) in [6, 6.07) is 0. The zero-order valence-electron chi connectivity index (χ0n) is 19.0. The molecule has 196 valence electrons. The predicted octanol–water partition coefficient (Wildman–Crippen LogP) is 1.24. The van der Waals surface area contributed by atoms with Gasteiger partial charge in [0.1, 0.15) is 17.8 Å². The van der Waals surface area contributed by atoms with Gasteiger partial charge in [-0.3, -0.25) is 9.13 Å². The molecule has 14 heteroatoms. The molecule has 0 radical (unpaired) electrons. The van der Waals surface area contributed by atoms with E-state index in [2.05, 4.69) is 0 Å². The number of methoxy groups -OCH3 is 2. The number of ether oxygens (including phenoxy) is 4. The Morgan fingerprint density at radius 1 is 1.09 bits per heavy atom. The standard InChI is InChI=1S/C9H19O6P.C8H19O6P.CH4/c1-7-4-8(15-16(3,11)12)9(5-10,14-7)6-13-2;1-7(4-9)14-8(5-12-2)6-13-15(3,10)11;/h7-8,10H,4-6H2,1-3H3,(H,11,12);7-9H,4-6H2,1-3H3,(H,10,11);1H4/t7-,8?,9+;;/m0../s1. The van der Waals surface area contributed by atoms with E-state index in [1.54, 1.807) is 6.92 Å². The second kappa shape index (κ2) is 15.9. The maximum atomic E-state index is 11.2. The van der Waals surface area contributed by atoms with Crippen LogP contribution < -0.4 is 0 Å². The van der Waals surface area contributed by atoms with Crippen LogP contribution >= 0.6 is 15.2 Å². The van der Waals surface area contributed by atoms with Crippen molar-refractivity contribution in [2.24, 2.45) is 0 Å². The molecule has 12 nitrogen and oxygen atoms in total. The number of aliphatic hydroxyl groups excluding tert-OH is 2. The Labute approximate surface area is 191 Å². The van der Waals surface area contributed by atoms with Gasteiger partial charge in [-0.1, -0.05) is 7.43 Å². The summed E-state index contributed by atoms with van der Waals surface area (Å²) in [5, 5.41) is 18.1. The third-order valence-corrected chi connectivity index (χ3v) is 5.36. The van der Waals surface area contributed by atoms with Crippen molar-refractivity contribution in [2.75, 3.05) is 60.6 Å². The van der Waals surface area contributed by atoms with Crippen molar-refractivity contribution in [3.63, 3.8) is 0 Å². The first kappa shape index (κ1) is 34.2. The molecule has 1 fully saturated rings. The summed E-state index contributed by atoms with van der Waals surface area (Å²) in [6.07, 6.45) is -1.13. The topological polar surface area (TPSA) is 170 Å². The van der Waals surface area contributed by atoms with Crippen LogP contribution in [0.3, 0.4) is 0 Å². The quantitative estimate of drug-likeness (QED) is 0.261. The molecule has 32 heavy (non-hydrogen) atoms. The molecule has 0 bridgehead atoms. The van der Waals surface area contributed by atoms with Crippen LogP contribution in [-0.4, -0.2) is 111 Å². The van der Waals surface area contributed by atoms with E-state index in [1.165, 1.54) is 14.2 Å². The van der Waals surface area contributed by atoms with Crippen molar-refractivity contribution < 1.29 is 57.1 Å². The fourth-order valence-electron chi connectivity index (χ4n) is 2.88. The van der Waals surface area contributed by atoms with Crippen molar-refractivity contribution in [1.29, 1.82) is 0 Å². The molecule has 1 aliphatic heterocycles. The molecule has 1 aliphatic rings. The average molecular weight is 512 g/mol. The number of aliphatic hydroxyl groups is 2. The lowest BCUT2D eigenvalue weighted by Gasteiger charge is -2.32. The summed E-state index contributed by atoms with van der Waals surface area (Å²) < 4.78 is 52.6. The van der Waals surface area contributed by atoms with Crippen LogP contribution in [0, 0.1) is 0 Å². The van der Waals surface area contributed by atoms with Gasteiger partial charge >= 0.3 is 15.2 Å². The predicted molar refractivity (Wildman–Crippen MR) is 119 cm³/mol. The van der Waals surface area contributed by atoms with Gasteiger partial charge < -0.3 is 48.0 Å². The van der Waals surface area contributed by atoms with E-state index in [4.69, 9.17) is 38.0 Å². The highest BCUT2D eigenvalue weighted by atomic mass is 31.2. The first-order valence-corrected chi connectivity index (χ1v) is 13.7. The lowest BCUT2D eigenvalue weighted by Crippen LogP contribution is -2.48. The SMILES string of the molecule is C.COCC(COP(C)(=O)O)OC(C)CO.COC[C@@]1(CO)O[C@@H](C)CC1OP(C)(=O)O. The average Bonchev–Trinajstić information content (AvgIpc) is 2.93. The first-order chi connectivity index (χ1) is 14.2. The minimum atomic E-state index is -3.60. The molecular formula is C18H42O12P2. The highest BCUT2D eigenvalue weighted by molar-refractivity contribution is 7.52. The summed E-state index contributed by atoms with van der Waals surface area (Å²) in [5.41, 5.74) is -1.04. The van der Waals surface area contributed by atoms with Gasteiger partial charge in [-0.15, -0.1) is 0 Å². The van der Waals surface area contributed by atoms with Crippen LogP contribution in [0.5, 0.6) is 0 Å². The van der Waals surface area contributed by atoms with Crippen LogP contribution in [-0.2, 0) is 37.1 Å². The first-order valence-electron chi connectivity index (χ1n) is 9.68. The highest BCUT2D eigenvalue weighted by Gasteiger charge is 2.50. The zero-order valence-corrected chi connectivity index (χ0v) is 20.8. The Kier molecular flexibility index (Phi) is 17.0. The second-order valence-corrected chi connectivity index (χ2v) is 11.2. The van der Waals surface area contributed by atoms with E-state index >= 15 is 0 Å². The van der Waals surface area contributed by atoms with E-state index in [0.29, 0.717) is 6.42 Å². The van der Waals surface area contributed by atoms with Crippen molar-refractivity contribution in [1.82, 2.24) is 0 Å². The molecule has 1 heterocycles. The lowest BCUT2D eigenvalue weighted by molar-refractivity contribution is -0.135. The molecule has 4 N–H and O–H groups in total. The Bertz CT molecular complexity index is 580. The fraction of sp³-hybridized carbons (Fsp3) is 1.00. The van der Waals surface area contributed by atoms with Gasteiger partial charge in [0.15, 0.2) is 0 Å². The van der Waals surface area contributed by atoms with Crippen molar-refractivity contribution in [3.8, 4) is 0 Å². The zero-order chi connectivity index (χ0) is 24.3. The number of rotatable bonds is 13. The van der Waals surface area contributed by atoms with E-state index in [0.717, 1.165) is 13.3 Å². The van der Waals surface area contributed by atoms with Crippen LogP contribution in [0.1, 0.15) is 27.7 Å². The second-order valence-electron chi connectivity index (χ2n) is 7.52. The van der Waals surface area contributed by atoms with Gasteiger partial charge in [-0.25, -0.2) is 0 Å². The molecule has 0 amide bonds. The minimum Gasteiger partial charge on any atom is -0.394 e. The Morgan fingerprint density at radius 3 is 2.09 bits per heavy atom. The van der Waals surface area contributed by atoms with E-state index < -0.39 is 33.0 Å². The Morgan fingerprint density at radius 2 is 1.69 bits per heavy atom. The Balaban J connectivity index is 0. The van der Waals surface area contributed by atoms with Gasteiger partial charge in [0, 0.05) is 34.0 Å². The number of hydrogen-bond donors (Lipinski definition) is 4. The third kappa shape index (κ3) is 14.3. The van der Waals surface area contributed by atoms with Crippen molar-refractivity contribution in [3.05, 3.63) is 0 Å². The van der Waals surface area contributed by atoms with Gasteiger partial charge in [0.25, 0.3) is 0 Å². The van der Waals surface area contributed by atoms with Crippen LogP contribution in [0.25, 0.3) is 0 Å². The smallest absolute Gasteiger partial charge is 0.325 e. The highest BCUT2D eigenvalue weighted by Crippen LogP contribution is 2.45. The molecule has 1 saturated heterocycles. The van der Waals surface area contributed by atoms with Crippen LogP contribution in [0.4, 0.5) is 0 Å². The summed E-state index contributed by atoms with van der Waals surface area (Å²) >= 11 is 0. The van der Waals surface area contributed by atoms with E-state index in [9.17, 15) is 19.1 Å². The summed E-state index contributed by atoms with van der Waals surface area (Å²) in [7, 11) is -4.13. The van der Waals surface area contributed by atoms with E-state index in [1.807, 2.05) is 6.92 Å². The van der Waals surface area contributed by atoms with Crippen molar-refractivity contribution in [2.45, 2.75) is 57.7 Å². The maximum Gasteiger partial charge on any atom is 0.325 e. The molecule has 0 aromatic rings. The van der Waals surface area contributed by atoms with E-state index in [-0.39, 0.29) is 52.7 Å². The molecule has 0 aromatic carbocycles. The monoisotopic (exact) mass is 512 g/mol. The summed E-state index contributed by atoms with van der Waals surface area (Å²) in [5.74, 6) is 0. The molecule has 0 spiro atoms. The van der Waals surface area contributed by atoms with Crippen LogP contribution in [0.15, 0.2) is 0 Å². The molecule has 5 unspecified atom stereocenters. The molecule has 7 atom stereocenters. The van der Waals surface area contributed by atoms with Crippen LogP contribution in [0.2, 0.25) is 0 Å². The fourth-order valence-corrected chi connectivity index (χ4v) is 4.07. The van der Waals surface area contributed by atoms with Gasteiger partial charge in [-0.05, 0) is 13.8 Å². The molecule has 0 aromatic heterocycles. The van der Waals surface area contributed by atoms with Gasteiger partial charge in [-0.2, -0.15) is 0 Å².